The Labute approximate surface area is 80.0 Å². The van der Waals surface area contributed by atoms with Gasteiger partial charge in [0.05, 0.1) is 0 Å². The normalized spacial score (nSPS) is 14.2. The topological polar surface area (TPSA) is 93.2 Å². The number of carboxylic acids is 1. The Morgan fingerprint density at radius 3 is 3.14 bits per heavy atom. The van der Waals surface area contributed by atoms with Gasteiger partial charge in [0.15, 0.2) is 5.82 Å². The van der Waals surface area contributed by atoms with Gasteiger partial charge in [-0.15, -0.1) is 5.10 Å². The molecular weight excluding hydrogens is 184 g/mol. The second-order valence-corrected chi connectivity index (χ2v) is 3.05. The molecule has 0 aromatic carbocycles. The molecule has 1 aliphatic heterocycles. The second kappa shape index (κ2) is 2.76. The first-order chi connectivity index (χ1) is 6.61. The third-order valence-electron chi connectivity index (χ3n) is 2.13. The highest BCUT2D eigenvalue weighted by molar-refractivity contribution is 5.99. The van der Waals surface area contributed by atoms with Crippen molar-refractivity contribution in [1.82, 2.24) is 9.78 Å². The van der Waals surface area contributed by atoms with Crippen LogP contribution in [-0.4, -0.2) is 27.4 Å². The van der Waals surface area contributed by atoms with E-state index in [0.717, 1.165) is 5.70 Å². The molecule has 6 nitrogen and oxygen atoms in total. The van der Waals surface area contributed by atoms with E-state index in [4.69, 9.17) is 10.8 Å². The van der Waals surface area contributed by atoms with Crippen molar-refractivity contribution >= 4 is 23.3 Å². The summed E-state index contributed by atoms with van der Waals surface area (Å²) < 4.78 is 1.50. The van der Waals surface area contributed by atoms with E-state index in [1.165, 1.54) is 4.68 Å². The number of hydrogen-bond donors (Lipinski definition) is 3. The van der Waals surface area contributed by atoms with E-state index in [1.807, 2.05) is 13.0 Å². The molecule has 6 heteroatoms. The van der Waals surface area contributed by atoms with Crippen molar-refractivity contribution in [3.8, 4) is 0 Å². The number of nitrogen functional groups attached to an aromatic ring is 1. The van der Waals surface area contributed by atoms with Gasteiger partial charge in [-0.25, -0.2) is 9.48 Å². The first-order valence-electron chi connectivity index (χ1n) is 4.14. The maximum absolute atomic E-state index is 10.9. The van der Waals surface area contributed by atoms with Crippen molar-refractivity contribution in [3.63, 3.8) is 0 Å². The minimum atomic E-state index is -1.06. The standard InChI is InChI=1S/C8H10N4O2/c1-4-2-3-10-7-5(8(13)14)6(9)11-12(4)7/h2,10H,3H2,1H3,(H2,9,11)(H,13,14). The number of aromatic carboxylic acids is 1. The van der Waals surface area contributed by atoms with Crippen molar-refractivity contribution in [1.29, 1.82) is 0 Å². The third-order valence-corrected chi connectivity index (χ3v) is 2.13. The first-order valence-corrected chi connectivity index (χ1v) is 4.14. The van der Waals surface area contributed by atoms with E-state index in [9.17, 15) is 4.79 Å². The molecule has 74 valence electrons. The van der Waals surface area contributed by atoms with Crippen LogP contribution in [0, 0.1) is 0 Å². The Morgan fingerprint density at radius 2 is 2.50 bits per heavy atom. The number of allylic oxidation sites excluding steroid dienone is 1. The van der Waals surface area contributed by atoms with Crippen molar-refractivity contribution in [2.75, 3.05) is 17.6 Å². The van der Waals surface area contributed by atoms with Crippen LogP contribution >= 0.6 is 0 Å². The molecule has 0 radical (unpaired) electrons. The third kappa shape index (κ3) is 1.04. The van der Waals surface area contributed by atoms with Crippen molar-refractivity contribution in [3.05, 3.63) is 11.6 Å². The molecule has 1 aliphatic rings. The molecule has 0 saturated heterocycles. The van der Waals surface area contributed by atoms with Crippen LogP contribution < -0.4 is 11.1 Å². The molecule has 2 rings (SSSR count). The number of nitrogens with two attached hydrogens (primary N) is 1. The second-order valence-electron chi connectivity index (χ2n) is 3.05. The number of aromatic nitrogens is 2. The summed E-state index contributed by atoms with van der Waals surface area (Å²) >= 11 is 0. The van der Waals surface area contributed by atoms with Crippen LogP contribution in [-0.2, 0) is 0 Å². The number of nitrogens with zero attached hydrogens (tertiary/aromatic N) is 2. The Hall–Kier alpha value is -1.98. The SMILES string of the molecule is CC1=CCNc2c(C(=O)O)c(N)nn21. The summed E-state index contributed by atoms with van der Waals surface area (Å²) in [7, 11) is 0. The van der Waals surface area contributed by atoms with Crippen LogP contribution in [0.4, 0.5) is 11.6 Å². The van der Waals surface area contributed by atoms with Gasteiger partial charge in [0.2, 0.25) is 0 Å². The molecule has 2 heterocycles. The lowest BCUT2D eigenvalue weighted by molar-refractivity contribution is 0.0699. The molecule has 1 aromatic rings. The zero-order chi connectivity index (χ0) is 10.3. The Morgan fingerprint density at radius 1 is 1.79 bits per heavy atom. The van der Waals surface area contributed by atoms with Crippen LogP contribution in [0.15, 0.2) is 6.08 Å². The lowest BCUT2D eigenvalue weighted by Crippen LogP contribution is -2.14. The van der Waals surface area contributed by atoms with Gasteiger partial charge in [-0.1, -0.05) is 0 Å². The lowest BCUT2D eigenvalue weighted by atomic mass is 10.2. The average Bonchev–Trinajstić information content (AvgIpc) is 2.42. The summed E-state index contributed by atoms with van der Waals surface area (Å²) in [4.78, 5) is 10.9. The smallest absolute Gasteiger partial charge is 0.343 e. The molecule has 0 fully saturated rings. The highest BCUT2D eigenvalue weighted by atomic mass is 16.4. The van der Waals surface area contributed by atoms with Crippen LogP contribution in [0.3, 0.4) is 0 Å². The molecule has 0 saturated carbocycles. The van der Waals surface area contributed by atoms with Gasteiger partial charge in [0.25, 0.3) is 0 Å². The van der Waals surface area contributed by atoms with E-state index in [2.05, 4.69) is 10.4 Å². The molecule has 0 atom stereocenters. The summed E-state index contributed by atoms with van der Waals surface area (Å²) in [6.45, 7) is 2.44. The van der Waals surface area contributed by atoms with E-state index in [1.54, 1.807) is 0 Å². The predicted molar refractivity (Wildman–Crippen MR) is 52.0 cm³/mol. The van der Waals surface area contributed by atoms with Gasteiger partial charge in [0.1, 0.15) is 11.4 Å². The molecule has 0 aliphatic carbocycles. The monoisotopic (exact) mass is 194 g/mol. The average molecular weight is 194 g/mol. The zero-order valence-corrected chi connectivity index (χ0v) is 7.61. The molecule has 1 aromatic heterocycles. The summed E-state index contributed by atoms with van der Waals surface area (Å²) in [5.74, 6) is -0.574. The van der Waals surface area contributed by atoms with Crippen LogP contribution in [0.25, 0.3) is 5.70 Å². The number of carbonyl (C=O) groups is 1. The van der Waals surface area contributed by atoms with Crippen molar-refractivity contribution in [2.24, 2.45) is 0 Å². The van der Waals surface area contributed by atoms with Crippen LogP contribution in [0.1, 0.15) is 17.3 Å². The van der Waals surface area contributed by atoms with Gasteiger partial charge < -0.3 is 16.2 Å². The van der Waals surface area contributed by atoms with E-state index in [-0.39, 0.29) is 11.4 Å². The lowest BCUT2D eigenvalue weighted by Gasteiger charge is -2.14. The number of hydrogen-bond acceptors (Lipinski definition) is 4. The maximum atomic E-state index is 10.9. The summed E-state index contributed by atoms with van der Waals surface area (Å²) in [5.41, 5.74) is 6.42. The van der Waals surface area contributed by atoms with Gasteiger partial charge >= 0.3 is 5.97 Å². The van der Waals surface area contributed by atoms with Crippen molar-refractivity contribution in [2.45, 2.75) is 6.92 Å². The number of nitrogens with one attached hydrogen (secondary N) is 1. The predicted octanol–water partition coefficient (Wildman–Crippen LogP) is 0.450. The van der Waals surface area contributed by atoms with Gasteiger partial charge in [-0.3, -0.25) is 0 Å². The molecule has 0 amide bonds. The van der Waals surface area contributed by atoms with Crippen LogP contribution in [0.2, 0.25) is 0 Å². The van der Waals surface area contributed by atoms with E-state index in [0.29, 0.717) is 12.4 Å². The van der Waals surface area contributed by atoms with Gasteiger partial charge in [0, 0.05) is 12.2 Å². The minimum absolute atomic E-state index is 0.0367. The van der Waals surface area contributed by atoms with E-state index < -0.39 is 5.97 Å². The fraction of sp³-hybridized carbons (Fsp3) is 0.250. The summed E-state index contributed by atoms with van der Waals surface area (Å²) in [6.07, 6.45) is 1.91. The first kappa shape index (κ1) is 8.61. The van der Waals surface area contributed by atoms with E-state index >= 15 is 0 Å². The fourth-order valence-electron chi connectivity index (χ4n) is 1.45. The van der Waals surface area contributed by atoms with Gasteiger partial charge in [-0.05, 0) is 13.0 Å². The van der Waals surface area contributed by atoms with Crippen LogP contribution in [0.5, 0.6) is 0 Å². The summed E-state index contributed by atoms with van der Waals surface area (Å²) in [5, 5.41) is 15.8. The quantitative estimate of drug-likeness (QED) is 0.603. The minimum Gasteiger partial charge on any atom is -0.477 e. The largest absolute Gasteiger partial charge is 0.477 e. The maximum Gasteiger partial charge on any atom is 0.343 e. The highest BCUT2D eigenvalue weighted by Gasteiger charge is 2.23. The fourth-order valence-corrected chi connectivity index (χ4v) is 1.45. The molecule has 0 bridgehead atoms. The van der Waals surface area contributed by atoms with Crippen molar-refractivity contribution < 1.29 is 9.90 Å². The Bertz CT molecular complexity index is 433. The Balaban J connectivity index is 2.65. The molecule has 4 N–H and O–H groups in total. The molecule has 14 heavy (non-hydrogen) atoms. The highest BCUT2D eigenvalue weighted by Crippen LogP contribution is 2.27. The number of rotatable bonds is 1. The summed E-state index contributed by atoms with van der Waals surface area (Å²) in [6, 6.07) is 0. The number of fused-ring (bicyclic) bond motifs is 1. The van der Waals surface area contributed by atoms with Gasteiger partial charge in [-0.2, -0.15) is 0 Å². The zero-order valence-electron chi connectivity index (χ0n) is 7.61. The molecule has 0 unspecified atom stereocenters. The number of anilines is 2. The Kier molecular flexibility index (Phi) is 1.70. The number of carboxylic acid groups (broad SMARTS) is 1. The molecule has 0 spiro atoms. The molecular formula is C8H10N4O2.